The van der Waals surface area contributed by atoms with Gasteiger partial charge in [-0.25, -0.2) is 4.98 Å². The lowest BCUT2D eigenvalue weighted by Crippen LogP contribution is -2.02. The summed E-state index contributed by atoms with van der Waals surface area (Å²) in [5.74, 6) is 2.38. The lowest BCUT2D eigenvalue weighted by molar-refractivity contribution is 0.319. The molecule has 0 unspecified atom stereocenters. The molecule has 0 aliphatic heterocycles. The SMILES string of the molecule is CCNc1nccc(Oc2ccccc2OCC)n1. The minimum atomic E-state index is 0.484. The molecule has 1 aromatic carbocycles. The summed E-state index contributed by atoms with van der Waals surface area (Å²) >= 11 is 0. The summed E-state index contributed by atoms with van der Waals surface area (Å²) in [6.45, 7) is 5.28. The van der Waals surface area contributed by atoms with Gasteiger partial charge < -0.3 is 14.8 Å². The standard InChI is InChI=1S/C14H17N3O2/c1-3-15-14-16-10-9-13(17-14)19-12-8-6-5-7-11(12)18-4-2/h5-10H,3-4H2,1-2H3,(H,15,16,17). The van der Waals surface area contributed by atoms with Crippen LogP contribution in [0.2, 0.25) is 0 Å². The fourth-order valence-electron chi connectivity index (χ4n) is 1.56. The van der Waals surface area contributed by atoms with Gasteiger partial charge >= 0.3 is 0 Å². The average molecular weight is 259 g/mol. The maximum atomic E-state index is 5.73. The van der Waals surface area contributed by atoms with E-state index in [4.69, 9.17) is 9.47 Å². The summed E-state index contributed by atoms with van der Waals surface area (Å²) in [5, 5.41) is 3.04. The minimum Gasteiger partial charge on any atom is -0.490 e. The molecule has 0 saturated carbocycles. The molecule has 2 rings (SSSR count). The maximum Gasteiger partial charge on any atom is 0.225 e. The van der Waals surface area contributed by atoms with E-state index >= 15 is 0 Å². The van der Waals surface area contributed by atoms with Crippen LogP contribution in [0.5, 0.6) is 17.4 Å². The highest BCUT2D eigenvalue weighted by molar-refractivity contribution is 5.42. The first kappa shape index (κ1) is 13.1. The van der Waals surface area contributed by atoms with Crippen molar-refractivity contribution in [3.63, 3.8) is 0 Å². The summed E-state index contributed by atoms with van der Waals surface area (Å²) in [6.07, 6.45) is 1.66. The van der Waals surface area contributed by atoms with Gasteiger partial charge in [0.15, 0.2) is 11.5 Å². The molecule has 0 atom stereocenters. The maximum absolute atomic E-state index is 5.73. The van der Waals surface area contributed by atoms with E-state index in [1.54, 1.807) is 12.3 Å². The van der Waals surface area contributed by atoms with Crippen molar-refractivity contribution in [3.8, 4) is 17.4 Å². The molecule has 1 heterocycles. The van der Waals surface area contributed by atoms with E-state index in [1.165, 1.54) is 0 Å². The Morgan fingerprint density at radius 1 is 1.11 bits per heavy atom. The van der Waals surface area contributed by atoms with Crippen molar-refractivity contribution >= 4 is 5.95 Å². The van der Waals surface area contributed by atoms with Crippen molar-refractivity contribution in [3.05, 3.63) is 36.5 Å². The highest BCUT2D eigenvalue weighted by Gasteiger charge is 2.06. The largest absolute Gasteiger partial charge is 0.490 e. The number of anilines is 1. The lowest BCUT2D eigenvalue weighted by Gasteiger charge is -2.11. The van der Waals surface area contributed by atoms with Gasteiger partial charge in [0.2, 0.25) is 11.8 Å². The summed E-state index contributed by atoms with van der Waals surface area (Å²) in [4.78, 5) is 8.36. The number of hydrogen-bond donors (Lipinski definition) is 1. The van der Waals surface area contributed by atoms with Gasteiger partial charge in [0.1, 0.15) is 0 Å². The van der Waals surface area contributed by atoms with Crippen molar-refractivity contribution < 1.29 is 9.47 Å². The van der Waals surface area contributed by atoms with E-state index in [1.807, 2.05) is 38.1 Å². The van der Waals surface area contributed by atoms with Crippen LogP contribution >= 0.6 is 0 Å². The molecular formula is C14H17N3O2. The van der Waals surface area contributed by atoms with Crippen LogP contribution in [-0.2, 0) is 0 Å². The van der Waals surface area contributed by atoms with Crippen LogP contribution in [0, 0.1) is 0 Å². The van der Waals surface area contributed by atoms with Crippen molar-refractivity contribution in [2.24, 2.45) is 0 Å². The van der Waals surface area contributed by atoms with Gasteiger partial charge in [-0.2, -0.15) is 4.98 Å². The Kier molecular flexibility index (Phi) is 4.55. The number of hydrogen-bond acceptors (Lipinski definition) is 5. The first-order valence-electron chi connectivity index (χ1n) is 6.30. The Hall–Kier alpha value is -2.30. The van der Waals surface area contributed by atoms with Gasteiger partial charge in [-0.15, -0.1) is 0 Å². The van der Waals surface area contributed by atoms with Crippen LogP contribution in [0.15, 0.2) is 36.5 Å². The molecule has 1 N–H and O–H groups in total. The normalized spacial score (nSPS) is 10.0. The van der Waals surface area contributed by atoms with Crippen molar-refractivity contribution in [2.45, 2.75) is 13.8 Å². The molecule has 5 nitrogen and oxygen atoms in total. The molecule has 0 aliphatic rings. The smallest absolute Gasteiger partial charge is 0.225 e. The first-order chi connectivity index (χ1) is 9.33. The monoisotopic (exact) mass is 259 g/mol. The van der Waals surface area contributed by atoms with Gasteiger partial charge in [-0.3, -0.25) is 0 Å². The number of ether oxygens (including phenoxy) is 2. The molecule has 0 aliphatic carbocycles. The Morgan fingerprint density at radius 2 is 1.89 bits per heavy atom. The zero-order chi connectivity index (χ0) is 13.5. The van der Waals surface area contributed by atoms with Crippen LogP contribution in [-0.4, -0.2) is 23.1 Å². The summed E-state index contributed by atoms with van der Waals surface area (Å²) in [6, 6.07) is 9.22. The summed E-state index contributed by atoms with van der Waals surface area (Å²) < 4.78 is 11.2. The summed E-state index contributed by atoms with van der Waals surface area (Å²) in [7, 11) is 0. The van der Waals surface area contributed by atoms with Crippen molar-refractivity contribution in [1.82, 2.24) is 9.97 Å². The number of rotatable bonds is 6. The number of para-hydroxylation sites is 2. The van der Waals surface area contributed by atoms with Crippen molar-refractivity contribution in [2.75, 3.05) is 18.5 Å². The molecule has 0 spiro atoms. The van der Waals surface area contributed by atoms with Crippen LogP contribution in [0.4, 0.5) is 5.95 Å². The molecule has 19 heavy (non-hydrogen) atoms. The van der Waals surface area contributed by atoms with Gasteiger partial charge in [0.25, 0.3) is 0 Å². The topological polar surface area (TPSA) is 56.3 Å². The molecule has 0 fully saturated rings. The molecule has 0 bridgehead atoms. The highest BCUT2D eigenvalue weighted by Crippen LogP contribution is 2.30. The molecule has 0 saturated heterocycles. The van der Waals surface area contributed by atoms with E-state index in [0.29, 0.717) is 29.9 Å². The highest BCUT2D eigenvalue weighted by atomic mass is 16.5. The predicted molar refractivity (Wildman–Crippen MR) is 73.9 cm³/mol. The van der Waals surface area contributed by atoms with Crippen LogP contribution in [0.3, 0.4) is 0 Å². The molecular weight excluding hydrogens is 242 g/mol. The fraction of sp³-hybridized carbons (Fsp3) is 0.286. The second-order valence-corrected chi connectivity index (χ2v) is 3.73. The van der Waals surface area contributed by atoms with Gasteiger partial charge in [0.05, 0.1) is 6.61 Å². The first-order valence-corrected chi connectivity index (χ1v) is 6.30. The van der Waals surface area contributed by atoms with E-state index in [-0.39, 0.29) is 0 Å². The number of nitrogens with zero attached hydrogens (tertiary/aromatic N) is 2. The van der Waals surface area contributed by atoms with E-state index < -0.39 is 0 Å². The van der Waals surface area contributed by atoms with E-state index in [9.17, 15) is 0 Å². The summed E-state index contributed by atoms with van der Waals surface area (Å²) in [5.41, 5.74) is 0. The zero-order valence-corrected chi connectivity index (χ0v) is 11.1. The Morgan fingerprint density at radius 3 is 2.63 bits per heavy atom. The van der Waals surface area contributed by atoms with Crippen LogP contribution in [0.25, 0.3) is 0 Å². The Labute approximate surface area is 112 Å². The molecule has 0 amide bonds. The second-order valence-electron chi connectivity index (χ2n) is 3.73. The van der Waals surface area contributed by atoms with E-state index in [0.717, 1.165) is 6.54 Å². The molecule has 100 valence electrons. The minimum absolute atomic E-state index is 0.484. The number of aromatic nitrogens is 2. The third-order valence-corrected chi connectivity index (χ3v) is 2.33. The van der Waals surface area contributed by atoms with Gasteiger partial charge in [-0.05, 0) is 26.0 Å². The van der Waals surface area contributed by atoms with Gasteiger partial charge in [-0.1, -0.05) is 12.1 Å². The molecule has 0 radical (unpaired) electrons. The van der Waals surface area contributed by atoms with Crippen LogP contribution < -0.4 is 14.8 Å². The van der Waals surface area contributed by atoms with Crippen molar-refractivity contribution in [1.29, 1.82) is 0 Å². The Bertz CT molecular complexity index is 532. The van der Waals surface area contributed by atoms with Gasteiger partial charge in [0, 0.05) is 18.8 Å². The lowest BCUT2D eigenvalue weighted by atomic mass is 10.3. The molecule has 2 aromatic rings. The predicted octanol–water partition coefficient (Wildman–Crippen LogP) is 3.10. The third kappa shape index (κ3) is 3.58. The van der Waals surface area contributed by atoms with E-state index in [2.05, 4.69) is 15.3 Å². The molecule has 1 aromatic heterocycles. The Balaban J connectivity index is 2.18. The number of benzene rings is 1. The quantitative estimate of drug-likeness (QED) is 0.863. The fourth-order valence-corrected chi connectivity index (χ4v) is 1.56. The average Bonchev–Trinajstić information content (AvgIpc) is 2.42. The zero-order valence-electron chi connectivity index (χ0n) is 11.1. The number of nitrogens with one attached hydrogen (secondary N) is 1. The van der Waals surface area contributed by atoms with Crippen LogP contribution in [0.1, 0.15) is 13.8 Å². The second kappa shape index (κ2) is 6.58. The third-order valence-electron chi connectivity index (χ3n) is 2.33. The molecule has 5 heteroatoms.